The van der Waals surface area contributed by atoms with E-state index in [0.717, 1.165) is 6.08 Å². The van der Waals surface area contributed by atoms with Gasteiger partial charge in [0.1, 0.15) is 18.0 Å². The molecule has 0 unspecified atom stereocenters. The number of hydrogen-bond donors (Lipinski definition) is 4. The van der Waals surface area contributed by atoms with Gasteiger partial charge in [0.2, 0.25) is 0 Å². The van der Waals surface area contributed by atoms with E-state index < -0.39 is 35.9 Å². The fraction of sp³-hybridized carbons (Fsp3) is 0.412. The van der Waals surface area contributed by atoms with E-state index in [-0.39, 0.29) is 18.6 Å². The third-order valence-corrected chi connectivity index (χ3v) is 4.20. The van der Waals surface area contributed by atoms with Crippen LogP contribution in [0.3, 0.4) is 0 Å². The molecule has 0 heterocycles. The first kappa shape index (κ1) is 18.9. The lowest BCUT2D eigenvalue weighted by Crippen LogP contribution is -2.57. The second-order valence-electron chi connectivity index (χ2n) is 5.87. The van der Waals surface area contributed by atoms with Gasteiger partial charge in [-0.3, -0.25) is 0 Å². The minimum absolute atomic E-state index is 0.0867. The number of hydrogen-bond acceptors (Lipinski definition) is 7. The van der Waals surface area contributed by atoms with Crippen LogP contribution in [0.25, 0.3) is 6.08 Å². The van der Waals surface area contributed by atoms with E-state index in [1.165, 1.54) is 25.3 Å². The minimum atomic E-state index is -1.73. The zero-order chi connectivity index (χ0) is 18.6. The van der Waals surface area contributed by atoms with E-state index in [9.17, 15) is 30.0 Å². The molecule has 1 fully saturated rings. The first-order valence-electron chi connectivity index (χ1n) is 7.60. The van der Waals surface area contributed by atoms with Gasteiger partial charge in [-0.25, -0.2) is 9.59 Å². The summed E-state index contributed by atoms with van der Waals surface area (Å²) < 4.78 is 10.1. The molecular weight excluding hydrogens is 332 g/mol. The average Bonchev–Trinajstić information content (AvgIpc) is 2.58. The third kappa shape index (κ3) is 4.36. The summed E-state index contributed by atoms with van der Waals surface area (Å²) in [4.78, 5) is 23.4. The molecule has 1 aliphatic rings. The molecular formula is C17H20O8. The van der Waals surface area contributed by atoms with Crippen molar-refractivity contribution >= 4 is 18.0 Å². The van der Waals surface area contributed by atoms with E-state index in [0.29, 0.717) is 5.56 Å². The summed E-state index contributed by atoms with van der Waals surface area (Å²) in [6.45, 7) is 0. The molecule has 1 aliphatic carbocycles. The number of carbonyl (C=O) groups is 2. The van der Waals surface area contributed by atoms with Crippen molar-refractivity contribution in [2.45, 2.75) is 36.8 Å². The Morgan fingerprint density at radius 2 is 1.84 bits per heavy atom. The van der Waals surface area contributed by atoms with Gasteiger partial charge in [0.25, 0.3) is 0 Å². The molecule has 1 saturated carbocycles. The Morgan fingerprint density at radius 1 is 1.20 bits per heavy atom. The summed E-state index contributed by atoms with van der Waals surface area (Å²) in [5.41, 5.74) is -1.10. The van der Waals surface area contributed by atoms with Crippen molar-refractivity contribution in [3.8, 4) is 5.75 Å². The number of aromatic hydroxyl groups is 1. The summed E-state index contributed by atoms with van der Waals surface area (Å²) in [6.07, 6.45) is -2.08. The SMILES string of the molecule is CO[C@@]1(C(=O)O)C[C@@H](O)[C@@H](O)[C@H](OC(=O)/C=C/c2ccc(O)cc2)C1. The Morgan fingerprint density at radius 3 is 2.40 bits per heavy atom. The number of methoxy groups -OCH3 is 1. The molecule has 0 bridgehead atoms. The monoisotopic (exact) mass is 352 g/mol. The van der Waals surface area contributed by atoms with Crippen LogP contribution in [-0.2, 0) is 19.1 Å². The lowest BCUT2D eigenvalue weighted by molar-refractivity contribution is -0.201. The highest BCUT2D eigenvalue weighted by Crippen LogP contribution is 2.34. The summed E-state index contributed by atoms with van der Waals surface area (Å²) in [5.74, 6) is -2.02. The van der Waals surface area contributed by atoms with Crippen molar-refractivity contribution in [3.05, 3.63) is 35.9 Å². The highest BCUT2D eigenvalue weighted by molar-refractivity contribution is 5.87. The van der Waals surface area contributed by atoms with E-state index in [1.54, 1.807) is 12.1 Å². The van der Waals surface area contributed by atoms with E-state index >= 15 is 0 Å². The Hall–Kier alpha value is -2.42. The van der Waals surface area contributed by atoms with Crippen LogP contribution in [0.1, 0.15) is 18.4 Å². The predicted molar refractivity (Wildman–Crippen MR) is 85.6 cm³/mol. The number of phenols is 1. The summed E-state index contributed by atoms with van der Waals surface area (Å²) >= 11 is 0. The summed E-state index contributed by atoms with van der Waals surface area (Å²) in [7, 11) is 1.18. The van der Waals surface area contributed by atoms with Crippen molar-refractivity contribution in [1.29, 1.82) is 0 Å². The van der Waals surface area contributed by atoms with Gasteiger partial charge in [0.05, 0.1) is 6.10 Å². The van der Waals surface area contributed by atoms with Crippen molar-refractivity contribution in [3.63, 3.8) is 0 Å². The molecule has 0 saturated heterocycles. The van der Waals surface area contributed by atoms with Gasteiger partial charge in [-0.1, -0.05) is 12.1 Å². The van der Waals surface area contributed by atoms with Gasteiger partial charge in [-0.2, -0.15) is 0 Å². The van der Waals surface area contributed by atoms with Crippen LogP contribution in [0, 0.1) is 0 Å². The maximum Gasteiger partial charge on any atom is 0.336 e. The molecule has 0 spiro atoms. The summed E-state index contributed by atoms with van der Waals surface area (Å²) in [6, 6.07) is 6.06. The lowest BCUT2D eigenvalue weighted by atomic mass is 9.79. The fourth-order valence-electron chi connectivity index (χ4n) is 2.71. The maximum absolute atomic E-state index is 11.9. The number of esters is 1. The molecule has 0 aromatic heterocycles. The maximum atomic E-state index is 11.9. The molecule has 4 N–H and O–H groups in total. The van der Waals surface area contributed by atoms with Crippen molar-refractivity contribution in [2.24, 2.45) is 0 Å². The van der Waals surface area contributed by atoms with Crippen molar-refractivity contribution in [2.75, 3.05) is 7.11 Å². The number of carbonyl (C=O) groups excluding carboxylic acids is 1. The number of aliphatic carboxylic acids is 1. The Labute approximate surface area is 143 Å². The molecule has 136 valence electrons. The predicted octanol–water partition coefficient (Wildman–Crippen LogP) is 0.303. The van der Waals surface area contributed by atoms with Gasteiger partial charge in [0, 0.05) is 26.0 Å². The Balaban J connectivity index is 2.07. The Kier molecular flexibility index (Phi) is 5.78. The van der Waals surface area contributed by atoms with Crippen LogP contribution in [0.15, 0.2) is 30.3 Å². The number of ether oxygens (including phenoxy) is 2. The zero-order valence-electron chi connectivity index (χ0n) is 13.5. The van der Waals surface area contributed by atoms with Gasteiger partial charge in [0.15, 0.2) is 5.60 Å². The number of phenolic OH excluding ortho intramolecular Hbond substituents is 1. The van der Waals surface area contributed by atoms with E-state index in [1.807, 2.05) is 0 Å². The molecule has 0 radical (unpaired) electrons. The fourth-order valence-corrected chi connectivity index (χ4v) is 2.71. The van der Waals surface area contributed by atoms with E-state index in [2.05, 4.69) is 0 Å². The number of aliphatic hydroxyl groups excluding tert-OH is 2. The molecule has 1 aromatic rings. The smallest absolute Gasteiger partial charge is 0.336 e. The van der Waals surface area contributed by atoms with E-state index in [4.69, 9.17) is 9.47 Å². The normalized spacial score (nSPS) is 29.5. The third-order valence-electron chi connectivity index (χ3n) is 4.20. The highest BCUT2D eigenvalue weighted by atomic mass is 16.6. The molecule has 0 aliphatic heterocycles. The quantitative estimate of drug-likeness (QED) is 0.439. The number of benzene rings is 1. The number of carboxylic acids is 1. The molecule has 8 nitrogen and oxygen atoms in total. The second-order valence-corrected chi connectivity index (χ2v) is 5.87. The number of rotatable bonds is 5. The summed E-state index contributed by atoms with van der Waals surface area (Å²) in [5, 5.41) is 38.4. The topological polar surface area (TPSA) is 134 Å². The molecule has 1 aromatic carbocycles. The molecule has 4 atom stereocenters. The minimum Gasteiger partial charge on any atom is -0.508 e. The van der Waals surface area contributed by atoms with Crippen molar-refractivity contribution < 1.29 is 39.5 Å². The van der Waals surface area contributed by atoms with Crippen LogP contribution >= 0.6 is 0 Å². The van der Waals surface area contributed by atoms with Crippen LogP contribution in [0.5, 0.6) is 5.75 Å². The number of aliphatic hydroxyl groups is 2. The van der Waals surface area contributed by atoms with Crippen LogP contribution in [0.2, 0.25) is 0 Å². The molecule has 25 heavy (non-hydrogen) atoms. The van der Waals surface area contributed by atoms with Gasteiger partial charge in [-0.05, 0) is 23.8 Å². The molecule has 2 rings (SSSR count). The largest absolute Gasteiger partial charge is 0.508 e. The van der Waals surface area contributed by atoms with Crippen molar-refractivity contribution in [1.82, 2.24) is 0 Å². The Bertz CT molecular complexity index is 653. The second kappa shape index (κ2) is 7.64. The lowest BCUT2D eigenvalue weighted by Gasteiger charge is -2.41. The standard InChI is InChI=1S/C17H20O8/c1-24-17(16(22)23)8-12(19)15(21)13(9-17)25-14(20)7-4-10-2-5-11(18)6-3-10/h2-7,12-13,15,18-19,21H,8-9H2,1H3,(H,22,23)/b7-4+/t12-,13-,15-,17+/m1/s1. The highest BCUT2D eigenvalue weighted by Gasteiger charge is 2.51. The molecule has 0 amide bonds. The first-order valence-corrected chi connectivity index (χ1v) is 7.60. The first-order chi connectivity index (χ1) is 11.8. The van der Waals surface area contributed by atoms with Crippen LogP contribution in [-0.4, -0.2) is 63.4 Å². The van der Waals surface area contributed by atoms with Gasteiger partial charge in [-0.15, -0.1) is 0 Å². The average molecular weight is 352 g/mol. The van der Waals surface area contributed by atoms with Crippen LogP contribution < -0.4 is 0 Å². The zero-order valence-corrected chi connectivity index (χ0v) is 13.5. The van der Waals surface area contributed by atoms with Gasteiger partial charge < -0.3 is 29.9 Å². The molecule has 8 heteroatoms. The van der Waals surface area contributed by atoms with Gasteiger partial charge >= 0.3 is 11.9 Å². The van der Waals surface area contributed by atoms with Crippen LogP contribution in [0.4, 0.5) is 0 Å². The number of carboxylic acid groups (broad SMARTS) is 1.